The van der Waals surface area contributed by atoms with Gasteiger partial charge in [-0.15, -0.1) is 0 Å². The Morgan fingerprint density at radius 1 is 1.29 bits per heavy atom. The molecule has 0 unspecified atom stereocenters. The minimum Gasteiger partial charge on any atom is -0.478 e. The molecule has 0 atom stereocenters. The molecule has 2 N–H and O–H groups in total. The third-order valence-electron chi connectivity index (χ3n) is 2.49. The number of nitrogens with one attached hydrogen (secondary N) is 1. The number of aromatic nitrogens is 2. The number of carboxylic acid groups (broad SMARTS) is 1. The van der Waals surface area contributed by atoms with Gasteiger partial charge in [-0.2, -0.15) is 0 Å². The van der Waals surface area contributed by atoms with E-state index in [9.17, 15) is 19.7 Å². The van der Waals surface area contributed by atoms with Gasteiger partial charge in [-0.1, -0.05) is 0 Å². The van der Waals surface area contributed by atoms with Crippen molar-refractivity contribution in [1.82, 2.24) is 9.97 Å². The second kappa shape index (κ2) is 5.74. The van der Waals surface area contributed by atoms with Crippen molar-refractivity contribution in [2.75, 3.05) is 5.32 Å². The zero-order chi connectivity index (χ0) is 15.4. The summed E-state index contributed by atoms with van der Waals surface area (Å²) in [4.78, 5) is 40.4. The molecule has 0 bridgehead atoms. The highest BCUT2D eigenvalue weighted by Gasteiger charge is 2.18. The topological polar surface area (TPSA) is 135 Å². The Balaban J connectivity index is 2.37. The average molecular weight is 288 g/mol. The normalized spacial score (nSPS) is 9.90. The van der Waals surface area contributed by atoms with Crippen molar-refractivity contribution < 1.29 is 19.6 Å². The fourth-order valence-corrected chi connectivity index (χ4v) is 1.54. The smallest absolute Gasteiger partial charge is 0.337 e. The number of rotatable bonds is 4. The molecule has 0 aliphatic rings. The summed E-state index contributed by atoms with van der Waals surface area (Å²) in [5.41, 5.74) is -0.833. The van der Waals surface area contributed by atoms with Crippen LogP contribution in [0.1, 0.15) is 20.8 Å². The lowest BCUT2D eigenvalue weighted by atomic mass is 10.1. The van der Waals surface area contributed by atoms with E-state index in [-0.39, 0.29) is 22.6 Å². The molecule has 9 heteroatoms. The number of carboxylic acids is 1. The Hall–Kier alpha value is -3.36. The summed E-state index contributed by atoms with van der Waals surface area (Å²) in [6, 6.07) is 3.06. The molecule has 0 aliphatic heterocycles. The van der Waals surface area contributed by atoms with Crippen LogP contribution in [0.15, 0.2) is 36.8 Å². The maximum absolute atomic E-state index is 11.9. The molecule has 0 radical (unpaired) electrons. The van der Waals surface area contributed by atoms with Crippen LogP contribution in [-0.2, 0) is 0 Å². The first kappa shape index (κ1) is 14.1. The van der Waals surface area contributed by atoms with Crippen molar-refractivity contribution in [1.29, 1.82) is 0 Å². The van der Waals surface area contributed by atoms with Gasteiger partial charge >= 0.3 is 5.97 Å². The molecule has 0 saturated carbocycles. The van der Waals surface area contributed by atoms with Gasteiger partial charge in [0, 0.05) is 24.5 Å². The first-order valence-electron chi connectivity index (χ1n) is 5.58. The molecule has 1 amide bonds. The van der Waals surface area contributed by atoms with E-state index >= 15 is 0 Å². The Morgan fingerprint density at radius 3 is 2.62 bits per heavy atom. The predicted octanol–water partition coefficient (Wildman–Crippen LogP) is 1.34. The molecule has 0 saturated heterocycles. The molecule has 0 fully saturated rings. The second-order valence-corrected chi connectivity index (χ2v) is 3.84. The number of carbonyl (C=O) groups excluding carboxylic acids is 1. The van der Waals surface area contributed by atoms with Gasteiger partial charge in [-0.3, -0.25) is 19.9 Å². The fraction of sp³-hybridized carbons (Fsp3) is 0. The highest BCUT2D eigenvalue weighted by molar-refractivity contribution is 6.06. The van der Waals surface area contributed by atoms with E-state index in [2.05, 4.69) is 15.3 Å². The Morgan fingerprint density at radius 2 is 2.05 bits per heavy atom. The number of hydrogen-bond donors (Lipinski definition) is 2. The van der Waals surface area contributed by atoms with Gasteiger partial charge in [-0.05, 0) is 6.07 Å². The zero-order valence-electron chi connectivity index (χ0n) is 10.4. The molecule has 0 spiro atoms. The highest BCUT2D eigenvalue weighted by atomic mass is 16.6. The van der Waals surface area contributed by atoms with Crippen LogP contribution in [0.4, 0.5) is 11.4 Å². The van der Waals surface area contributed by atoms with Crippen LogP contribution < -0.4 is 5.32 Å². The van der Waals surface area contributed by atoms with E-state index in [0.717, 1.165) is 18.2 Å². The number of nitro benzene ring substituents is 1. The maximum Gasteiger partial charge on any atom is 0.337 e. The van der Waals surface area contributed by atoms with Crippen LogP contribution in [-0.4, -0.2) is 31.9 Å². The van der Waals surface area contributed by atoms with Gasteiger partial charge in [0.2, 0.25) is 0 Å². The Labute approximate surface area is 117 Å². The Bertz CT molecular complexity index is 717. The summed E-state index contributed by atoms with van der Waals surface area (Å²) in [6.07, 6.45) is 3.85. The first-order chi connectivity index (χ1) is 9.99. The van der Waals surface area contributed by atoms with E-state index in [4.69, 9.17) is 5.11 Å². The third-order valence-corrected chi connectivity index (χ3v) is 2.49. The molecule has 2 rings (SSSR count). The summed E-state index contributed by atoms with van der Waals surface area (Å²) < 4.78 is 0. The fourth-order valence-electron chi connectivity index (χ4n) is 1.54. The number of amides is 1. The van der Waals surface area contributed by atoms with Gasteiger partial charge in [0.15, 0.2) is 0 Å². The number of nitrogens with zero attached hydrogens (tertiary/aromatic N) is 3. The molecular formula is C12H8N4O5. The lowest BCUT2D eigenvalue weighted by Crippen LogP contribution is -2.16. The largest absolute Gasteiger partial charge is 0.478 e. The van der Waals surface area contributed by atoms with Gasteiger partial charge in [-0.25, -0.2) is 9.78 Å². The van der Waals surface area contributed by atoms with Gasteiger partial charge in [0.05, 0.1) is 22.4 Å². The molecule has 0 aliphatic carbocycles. The lowest BCUT2D eigenvalue weighted by molar-refractivity contribution is -0.384. The van der Waals surface area contributed by atoms with Crippen LogP contribution >= 0.6 is 0 Å². The van der Waals surface area contributed by atoms with Crippen molar-refractivity contribution in [3.05, 3.63) is 58.2 Å². The summed E-state index contributed by atoms with van der Waals surface area (Å²) in [7, 11) is 0. The van der Waals surface area contributed by atoms with Crippen molar-refractivity contribution in [2.45, 2.75) is 0 Å². The SMILES string of the molecule is O=C(Nc1cc([N+](=O)[O-])ccc1C(=O)O)c1cnccn1. The quantitative estimate of drug-likeness (QED) is 0.639. The predicted molar refractivity (Wildman–Crippen MR) is 70.0 cm³/mol. The average Bonchev–Trinajstić information content (AvgIpc) is 2.47. The van der Waals surface area contributed by atoms with E-state index in [0.29, 0.717) is 0 Å². The van der Waals surface area contributed by atoms with Crippen LogP contribution in [0.5, 0.6) is 0 Å². The molecule has 9 nitrogen and oxygen atoms in total. The molecule has 1 aromatic carbocycles. The monoisotopic (exact) mass is 288 g/mol. The van der Waals surface area contributed by atoms with Gasteiger partial charge < -0.3 is 10.4 Å². The molecule has 1 heterocycles. The minimum atomic E-state index is -1.32. The van der Waals surface area contributed by atoms with Crippen LogP contribution in [0.2, 0.25) is 0 Å². The second-order valence-electron chi connectivity index (χ2n) is 3.84. The van der Waals surface area contributed by atoms with Crippen LogP contribution in [0.25, 0.3) is 0 Å². The highest BCUT2D eigenvalue weighted by Crippen LogP contribution is 2.23. The third kappa shape index (κ3) is 3.15. The summed E-state index contributed by atoms with van der Waals surface area (Å²) >= 11 is 0. The summed E-state index contributed by atoms with van der Waals surface area (Å²) in [5.74, 6) is -2.04. The minimum absolute atomic E-state index is 0.0413. The number of anilines is 1. The number of aromatic carboxylic acids is 1. The Kier molecular flexibility index (Phi) is 3.84. The van der Waals surface area contributed by atoms with E-state index in [1.165, 1.54) is 18.6 Å². The number of non-ortho nitro benzene ring substituents is 1. The standard InChI is InChI=1S/C12H8N4O5/c17-11(10-6-13-3-4-14-10)15-9-5-7(16(20)21)1-2-8(9)12(18)19/h1-6H,(H,15,17)(H,18,19). The number of carbonyl (C=O) groups is 2. The van der Waals surface area contributed by atoms with Crippen LogP contribution in [0, 0.1) is 10.1 Å². The van der Waals surface area contributed by atoms with Crippen LogP contribution in [0.3, 0.4) is 0 Å². The first-order valence-corrected chi connectivity index (χ1v) is 5.58. The summed E-state index contributed by atoms with van der Waals surface area (Å²) in [5, 5.41) is 22.0. The molecule has 21 heavy (non-hydrogen) atoms. The number of nitro groups is 1. The van der Waals surface area contributed by atoms with Crippen molar-refractivity contribution in [3.63, 3.8) is 0 Å². The van der Waals surface area contributed by atoms with Gasteiger partial charge in [0.1, 0.15) is 5.69 Å². The number of hydrogen-bond acceptors (Lipinski definition) is 6. The molecule has 1 aromatic heterocycles. The van der Waals surface area contributed by atoms with Crippen molar-refractivity contribution >= 4 is 23.3 Å². The van der Waals surface area contributed by atoms with Crippen molar-refractivity contribution in [2.24, 2.45) is 0 Å². The number of benzene rings is 1. The van der Waals surface area contributed by atoms with E-state index in [1.54, 1.807) is 0 Å². The maximum atomic E-state index is 11.9. The molecular weight excluding hydrogens is 280 g/mol. The van der Waals surface area contributed by atoms with Gasteiger partial charge in [0.25, 0.3) is 11.6 Å². The van der Waals surface area contributed by atoms with Crippen molar-refractivity contribution in [3.8, 4) is 0 Å². The van der Waals surface area contributed by atoms with E-state index in [1.807, 2.05) is 0 Å². The molecule has 106 valence electrons. The zero-order valence-corrected chi connectivity index (χ0v) is 10.4. The van der Waals surface area contributed by atoms with E-state index < -0.39 is 16.8 Å². The summed E-state index contributed by atoms with van der Waals surface area (Å²) in [6.45, 7) is 0. The molecule has 2 aromatic rings. The lowest BCUT2D eigenvalue weighted by Gasteiger charge is -2.07.